The molecule has 1 heterocycles. The second-order valence-electron chi connectivity index (χ2n) is 7.06. The Morgan fingerprint density at radius 1 is 0.731 bits per heavy atom. The van der Waals surface area contributed by atoms with Crippen LogP contribution in [0.5, 0.6) is 0 Å². The number of urea groups is 1. The number of nitrogens with zero attached hydrogens (tertiary/aromatic N) is 2. The van der Waals surface area contributed by atoms with Crippen molar-refractivity contribution >= 4 is 18.6 Å². The van der Waals surface area contributed by atoms with Crippen LogP contribution in [0.1, 0.15) is 25.7 Å². The highest BCUT2D eigenvalue weighted by molar-refractivity contribution is 5.78. The molecule has 0 bridgehead atoms. The molecule has 0 unspecified atom stereocenters. The lowest BCUT2D eigenvalue weighted by atomic mass is 9.82. The number of hydrogen-bond donors (Lipinski definition) is 0. The molecule has 0 atom stereocenters. The maximum absolute atomic E-state index is 12.8. The highest BCUT2D eigenvalue weighted by Gasteiger charge is 2.39. The Balaban J connectivity index is 2.91. The van der Waals surface area contributed by atoms with Gasteiger partial charge in [-0.3, -0.25) is 0 Å². The van der Waals surface area contributed by atoms with Crippen molar-refractivity contribution < 1.29 is 14.4 Å². The van der Waals surface area contributed by atoms with E-state index in [1.165, 1.54) is 0 Å². The second kappa shape index (κ2) is 9.90. The summed E-state index contributed by atoms with van der Waals surface area (Å²) >= 11 is 0. The summed E-state index contributed by atoms with van der Waals surface area (Å²) in [6, 6.07) is -0.149. The fourth-order valence-corrected chi connectivity index (χ4v) is 3.53. The van der Waals surface area contributed by atoms with Gasteiger partial charge in [0.2, 0.25) is 0 Å². The molecule has 0 spiro atoms. The quantitative estimate of drug-likeness (QED) is 0.353. The van der Waals surface area contributed by atoms with Gasteiger partial charge in [0.05, 0.1) is 10.8 Å². The molecule has 5 heteroatoms. The molecule has 1 fully saturated rings. The van der Waals surface area contributed by atoms with Crippen LogP contribution in [0.2, 0.25) is 0 Å². The Bertz CT molecular complexity index is 500. The number of carbonyl (C=O) groups is 3. The summed E-state index contributed by atoms with van der Waals surface area (Å²) in [7, 11) is 0. The monoisotopic (exact) mass is 358 g/mol. The first-order valence-electron chi connectivity index (χ1n) is 8.85. The zero-order valence-corrected chi connectivity index (χ0v) is 15.6. The number of rotatable bonds is 14. The summed E-state index contributed by atoms with van der Waals surface area (Å²) in [6.07, 6.45) is 10.5. The molecule has 0 aromatic carbocycles. The van der Waals surface area contributed by atoms with E-state index in [4.69, 9.17) is 0 Å². The van der Waals surface area contributed by atoms with E-state index in [2.05, 4.69) is 26.3 Å². The van der Waals surface area contributed by atoms with Crippen LogP contribution in [0, 0.1) is 10.8 Å². The lowest BCUT2D eigenvalue weighted by molar-refractivity contribution is -0.117. The van der Waals surface area contributed by atoms with Gasteiger partial charge >= 0.3 is 6.03 Å². The molecule has 1 rings (SSSR count). The summed E-state index contributed by atoms with van der Waals surface area (Å²) in [5, 5.41) is 0. The van der Waals surface area contributed by atoms with Crippen molar-refractivity contribution in [2.75, 3.05) is 26.2 Å². The van der Waals surface area contributed by atoms with Gasteiger partial charge in [0, 0.05) is 26.2 Å². The minimum Gasteiger partial charge on any atom is -0.322 e. The predicted octanol–water partition coefficient (Wildman–Crippen LogP) is 3.40. The maximum Gasteiger partial charge on any atom is 0.320 e. The lowest BCUT2D eigenvalue weighted by Gasteiger charge is -2.33. The predicted molar refractivity (Wildman–Crippen MR) is 105 cm³/mol. The minimum absolute atomic E-state index is 0.149. The Morgan fingerprint density at radius 3 is 1.27 bits per heavy atom. The standard InChI is InChI=1S/C21H30N2O3/c1-5-9-20(17-24,10-6-2)15-22-13-14-23(19(22)26)16-21(18-25,11-7-3)12-8-4/h5-8,17-18H,1-4,9-16H2. The Morgan fingerprint density at radius 2 is 1.04 bits per heavy atom. The Hall–Kier alpha value is -2.43. The molecule has 1 aliphatic rings. The normalized spacial score (nSPS) is 14.8. The van der Waals surface area contributed by atoms with Gasteiger partial charge < -0.3 is 19.4 Å². The largest absolute Gasteiger partial charge is 0.322 e. The third-order valence-corrected chi connectivity index (χ3v) is 4.90. The van der Waals surface area contributed by atoms with Crippen LogP contribution < -0.4 is 0 Å². The summed E-state index contributed by atoms with van der Waals surface area (Å²) in [6.45, 7) is 16.6. The number of amides is 2. The fraction of sp³-hybridized carbons (Fsp3) is 0.476. The molecule has 142 valence electrons. The minimum atomic E-state index is -0.695. The average molecular weight is 358 g/mol. The van der Waals surface area contributed by atoms with E-state index >= 15 is 0 Å². The fourth-order valence-electron chi connectivity index (χ4n) is 3.53. The number of hydrogen-bond acceptors (Lipinski definition) is 3. The zero-order chi connectivity index (χ0) is 19.6. The van der Waals surface area contributed by atoms with E-state index in [0.717, 1.165) is 12.6 Å². The van der Waals surface area contributed by atoms with Gasteiger partial charge in [-0.25, -0.2) is 4.79 Å². The summed E-state index contributed by atoms with van der Waals surface area (Å²) in [5.74, 6) is 0. The average Bonchev–Trinajstić information content (AvgIpc) is 2.95. The third-order valence-electron chi connectivity index (χ3n) is 4.90. The molecule has 0 saturated carbocycles. The van der Waals surface area contributed by atoms with Crippen LogP contribution in [-0.2, 0) is 9.59 Å². The second-order valence-corrected chi connectivity index (χ2v) is 7.06. The Labute approximate surface area is 156 Å². The maximum atomic E-state index is 12.8. The Kier molecular flexibility index (Phi) is 8.23. The summed E-state index contributed by atoms with van der Waals surface area (Å²) in [4.78, 5) is 39.6. The molecule has 2 amide bonds. The molecule has 1 saturated heterocycles. The SMILES string of the molecule is C=CCC(C=O)(CC=C)CN1CCN(CC(C=O)(CC=C)CC=C)C1=O. The summed E-state index contributed by atoms with van der Waals surface area (Å²) in [5.41, 5.74) is -1.39. The first kappa shape index (κ1) is 21.6. The van der Waals surface area contributed by atoms with E-state index in [0.29, 0.717) is 51.9 Å². The van der Waals surface area contributed by atoms with E-state index < -0.39 is 10.8 Å². The molecule has 0 aliphatic carbocycles. The molecular weight excluding hydrogens is 328 g/mol. The highest BCUT2D eigenvalue weighted by Crippen LogP contribution is 2.31. The zero-order valence-electron chi connectivity index (χ0n) is 15.6. The van der Waals surface area contributed by atoms with Gasteiger partial charge in [0.15, 0.2) is 0 Å². The topological polar surface area (TPSA) is 57.7 Å². The first-order valence-corrected chi connectivity index (χ1v) is 8.85. The van der Waals surface area contributed by atoms with Crippen molar-refractivity contribution in [1.82, 2.24) is 9.80 Å². The summed E-state index contributed by atoms with van der Waals surface area (Å²) < 4.78 is 0. The van der Waals surface area contributed by atoms with E-state index in [1.54, 1.807) is 34.1 Å². The molecule has 26 heavy (non-hydrogen) atoms. The third kappa shape index (κ3) is 5.04. The molecule has 5 nitrogen and oxygen atoms in total. The van der Waals surface area contributed by atoms with Crippen LogP contribution in [0.15, 0.2) is 50.6 Å². The van der Waals surface area contributed by atoms with Gasteiger partial charge in [-0.1, -0.05) is 24.3 Å². The van der Waals surface area contributed by atoms with E-state index in [-0.39, 0.29) is 6.03 Å². The van der Waals surface area contributed by atoms with E-state index in [1.807, 2.05) is 0 Å². The van der Waals surface area contributed by atoms with Crippen LogP contribution in [0.4, 0.5) is 4.79 Å². The van der Waals surface area contributed by atoms with Gasteiger partial charge in [-0.15, -0.1) is 26.3 Å². The molecule has 0 aromatic heterocycles. The number of carbonyl (C=O) groups excluding carboxylic acids is 3. The van der Waals surface area contributed by atoms with Crippen molar-refractivity contribution in [3.63, 3.8) is 0 Å². The number of allylic oxidation sites excluding steroid dienone is 4. The lowest BCUT2D eigenvalue weighted by Crippen LogP contribution is -2.44. The molecule has 0 aromatic rings. The van der Waals surface area contributed by atoms with Gasteiger partial charge in [-0.05, 0) is 25.7 Å². The molecule has 0 N–H and O–H groups in total. The van der Waals surface area contributed by atoms with Gasteiger partial charge in [0.25, 0.3) is 0 Å². The smallest absolute Gasteiger partial charge is 0.320 e. The molecule has 0 radical (unpaired) electrons. The van der Waals surface area contributed by atoms with Crippen LogP contribution in [-0.4, -0.2) is 54.6 Å². The first-order chi connectivity index (χ1) is 12.4. The van der Waals surface area contributed by atoms with Crippen molar-refractivity contribution in [2.24, 2.45) is 10.8 Å². The van der Waals surface area contributed by atoms with Gasteiger partial charge in [-0.2, -0.15) is 0 Å². The van der Waals surface area contributed by atoms with Crippen LogP contribution >= 0.6 is 0 Å². The van der Waals surface area contributed by atoms with Crippen molar-refractivity contribution in [3.8, 4) is 0 Å². The van der Waals surface area contributed by atoms with Crippen molar-refractivity contribution in [1.29, 1.82) is 0 Å². The van der Waals surface area contributed by atoms with Crippen molar-refractivity contribution in [3.05, 3.63) is 50.6 Å². The highest BCUT2D eigenvalue weighted by atomic mass is 16.2. The number of aldehydes is 2. The van der Waals surface area contributed by atoms with Crippen molar-refractivity contribution in [2.45, 2.75) is 25.7 Å². The molecule has 1 aliphatic heterocycles. The molecular formula is C21H30N2O3. The van der Waals surface area contributed by atoms with Gasteiger partial charge in [0.1, 0.15) is 12.6 Å². The van der Waals surface area contributed by atoms with Crippen LogP contribution in [0.25, 0.3) is 0 Å². The van der Waals surface area contributed by atoms with Crippen LogP contribution in [0.3, 0.4) is 0 Å². The van der Waals surface area contributed by atoms with E-state index in [9.17, 15) is 14.4 Å².